The lowest BCUT2D eigenvalue weighted by Gasteiger charge is -2.30. The number of hydrogen-bond acceptors (Lipinski definition) is 12. The van der Waals surface area contributed by atoms with Crippen LogP contribution in [0, 0.1) is 12.8 Å². The number of carbonyl (C=O) groups is 7. The Balaban J connectivity index is 1.45. The molecule has 0 unspecified atom stereocenters. The van der Waals surface area contributed by atoms with Gasteiger partial charge in [0.25, 0.3) is 10.0 Å². The van der Waals surface area contributed by atoms with Crippen molar-refractivity contribution in [2.24, 2.45) is 22.4 Å². The number of sulfonamides is 1. The molecule has 77 heavy (non-hydrogen) atoms. The number of para-hydroxylation sites is 1. The van der Waals surface area contributed by atoms with E-state index in [1.165, 1.54) is 28.8 Å². The lowest BCUT2D eigenvalue weighted by Crippen LogP contribution is -2.60. The van der Waals surface area contributed by atoms with Crippen LogP contribution in [0.15, 0.2) is 94.9 Å². The Bertz CT molecular complexity index is 2820. The second-order valence-electron chi connectivity index (χ2n) is 20.5. The second-order valence-corrected chi connectivity index (χ2v) is 23.2. The molecule has 23 heteroatoms. The number of fused-ring (bicyclic) bond motifs is 1. The van der Waals surface area contributed by atoms with E-state index in [1.54, 1.807) is 69.4 Å². The quantitative estimate of drug-likeness (QED) is 0.0248. The van der Waals surface area contributed by atoms with Crippen molar-refractivity contribution in [3.05, 3.63) is 102 Å². The molecule has 6 atom stereocenters. The summed E-state index contributed by atoms with van der Waals surface area (Å²) in [6, 6.07) is 15.2. The summed E-state index contributed by atoms with van der Waals surface area (Å²) in [4.78, 5) is 107. The van der Waals surface area contributed by atoms with Gasteiger partial charge in [0.1, 0.15) is 41.9 Å². The summed E-state index contributed by atoms with van der Waals surface area (Å²) in [5.74, 6) is -4.34. The van der Waals surface area contributed by atoms with E-state index in [-0.39, 0.29) is 62.4 Å². The number of nitrogens with zero attached hydrogens (tertiary/aromatic N) is 2. The number of primary amides is 1. The van der Waals surface area contributed by atoms with Crippen molar-refractivity contribution < 1.29 is 46.7 Å². The van der Waals surface area contributed by atoms with E-state index in [1.807, 2.05) is 51.3 Å². The van der Waals surface area contributed by atoms with E-state index in [2.05, 4.69) is 41.3 Å². The van der Waals surface area contributed by atoms with Gasteiger partial charge in [0.2, 0.25) is 41.4 Å². The molecule has 2 heterocycles. The maximum absolute atomic E-state index is 14.8. The molecule has 1 aromatic heterocycles. The number of amides is 7. The minimum atomic E-state index is -4.08. The summed E-state index contributed by atoms with van der Waals surface area (Å²) < 4.78 is 33.9. The van der Waals surface area contributed by atoms with Gasteiger partial charge in [0.15, 0.2) is 0 Å². The minimum absolute atomic E-state index is 0.0243. The Labute approximate surface area is 455 Å². The normalized spacial score (nSPS) is 15.9. The van der Waals surface area contributed by atoms with Crippen LogP contribution in [0.5, 0.6) is 0 Å². The van der Waals surface area contributed by atoms with Gasteiger partial charge < -0.3 is 47.8 Å². The highest BCUT2D eigenvalue weighted by Crippen LogP contribution is 2.23. The van der Waals surface area contributed by atoms with Crippen molar-refractivity contribution in [3.63, 3.8) is 0 Å². The first-order chi connectivity index (χ1) is 36.4. The van der Waals surface area contributed by atoms with E-state index < -0.39 is 99.4 Å². The Morgan fingerprint density at radius 1 is 0.779 bits per heavy atom. The molecule has 0 saturated carbocycles. The van der Waals surface area contributed by atoms with E-state index >= 15 is 0 Å². The fourth-order valence-corrected chi connectivity index (χ4v) is 10.1. The molecule has 1 saturated heterocycles. The minimum Gasteiger partial charge on any atom is -0.444 e. The second kappa shape index (κ2) is 28.3. The summed E-state index contributed by atoms with van der Waals surface area (Å²) >= 11 is 1.46. The smallest absolute Gasteiger partial charge is 0.410 e. The first-order valence-corrected chi connectivity index (χ1v) is 28.6. The van der Waals surface area contributed by atoms with Crippen LogP contribution in [0.1, 0.15) is 89.8 Å². The van der Waals surface area contributed by atoms with Gasteiger partial charge in [0, 0.05) is 43.0 Å². The number of ether oxygens (including phenoxy) is 1. The summed E-state index contributed by atoms with van der Waals surface area (Å²) in [6.07, 6.45) is 3.99. The van der Waals surface area contributed by atoms with Gasteiger partial charge in [-0.2, -0.15) is 11.8 Å². The average Bonchev–Trinajstić information content (AvgIpc) is 4.04. The van der Waals surface area contributed by atoms with Crippen molar-refractivity contribution in [3.8, 4) is 0 Å². The van der Waals surface area contributed by atoms with Crippen molar-refractivity contribution in [2.45, 2.75) is 140 Å². The van der Waals surface area contributed by atoms with Crippen molar-refractivity contribution in [2.75, 3.05) is 25.1 Å². The van der Waals surface area contributed by atoms with Crippen molar-refractivity contribution in [1.29, 1.82) is 0 Å². The molecule has 11 N–H and O–H groups in total. The number of aryl methyl sites for hydroxylation is 1. The predicted molar refractivity (Wildman–Crippen MR) is 297 cm³/mol. The molecule has 0 aliphatic carbocycles. The fraction of sp³-hybridized carbons (Fsp3) is 0.481. The number of aliphatic imine (C=N–C) groups is 1. The van der Waals surface area contributed by atoms with E-state index in [4.69, 9.17) is 16.2 Å². The summed E-state index contributed by atoms with van der Waals surface area (Å²) in [7, 11) is -4.08. The molecule has 1 aliphatic heterocycles. The first-order valence-electron chi connectivity index (χ1n) is 25.7. The molecule has 21 nitrogen and oxygen atoms in total. The van der Waals surface area contributed by atoms with Crippen LogP contribution in [0.2, 0.25) is 0 Å². The van der Waals surface area contributed by atoms with E-state index in [9.17, 15) is 42.0 Å². The third-order valence-electron chi connectivity index (χ3n) is 12.6. The van der Waals surface area contributed by atoms with Gasteiger partial charge in [-0.3, -0.25) is 38.7 Å². The molecule has 0 radical (unpaired) electrons. The van der Waals surface area contributed by atoms with Gasteiger partial charge >= 0.3 is 6.09 Å². The number of H-pyrrole nitrogens is 1. The molecule has 7 amide bonds. The molecule has 5 rings (SSSR count). The monoisotopic (exact) mass is 1100 g/mol. The van der Waals surface area contributed by atoms with Crippen LogP contribution in [0.4, 0.5) is 4.79 Å². The number of hydrogen-bond donors (Lipinski definition) is 9. The fourth-order valence-electron chi connectivity index (χ4n) is 8.66. The van der Waals surface area contributed by atoms with Gasteiger partial charge in [-0.1, -0.05) is 80.1 Å². The SMILES string of the molecule is CSCC[C@H](NC(=O)[C@H](CC(C)C)NC(=O)[C@@H](CCCN=C(N)NS(=O)(=O)c1ccc(C)cc1)NC(=O)[C@H](Cc1ccccc1)NC(=O)[C@@H](Cc1c[nH]c2ccccc12)NC(=O)[C@@H]1CCCN1C(=O)OC(C)(C)C)C(N)=O. The standard InChI is InChI=1S/C54H75N11O10S2/c1-33(2)29-42(48(68)59-40(46(55)66)25-28-76-7)61-47(67)41(19-13-26-57-52(56)64-77(73,74)37-23-21-34(3)22-24-37)60-49(69)43(30-35-15-9-8-10-16-35)62-50(70)44(31-36-32-58-39-18-12-11-17-38(36)39)63-51(71)45-20-14-27-65(45)53(72)75-54(4,5)6/h8-12,15-18,21-24,32-33,40-45,58H,13-14,19-20,25-31H2,1-7H3,(H2,55,66)(H,59,68)(H,60,69)(H,61,67)(H,62,70)(H,63,71)(H3,56,57,64)/t40-,41+,42-,43-,44+,45-/m0/s1. The Morgan fingerprint density at radius 3 is 2.03 bits per heavy atom. The number of nitrogens with one attached hydrogen (secondary N) is 7. The van der Waals surface area contributed by atoms with Crippen LogP contribution in [-0.2, 0) is 56.4 Å². The van der Waals surface area contributed by atoms with Gasteiger partial charge in [-0.15, -0.1) is 0 Å². The highest BCUT2D eigenvalue weighted by molar-refractivity contribution is 7.98. The average molecular weight is 1100 g/mol. The third-order valence-corrected chi connectivity index (χ3v) is 14.6. The summed E-state index contributed by atoms with van der Waals surface area (Å²) in [5, 5.41) is 14.8. The number of aromatic amines is 1. The van der Waals surface area contributed by atoms with Crippen LogP contribution >= 0.6 is 11.8 Å². The lowest BCUT2D eigenvalue weighted by atomic mass is 10.00. The molecule has 4 aromatic rings. The van der Waals surface area contributed by atoms with Crippen LogP contribution < -0.4 is 42.8 Å². The molecule has 418 valence electrons. The number of benzene rings is 3. The topological polar surface area (TPSA) is 318 Å². The molecular weight excluding hydrogens is 1030 g/mol. The largest absolute Gasteiger partial charge is 0.444 e. The zero-order valence-electron chi connectivity index (χ0n) is 44.9. The van der Waals surface area contributed by atoms with Crippen molar-refractivity contribution in [1.82, 2.24) is 41.2 Å². The highest BCUT2D eigenvalue weighted by Gasteiger charge is 2.39. The predicted octanol–water partition coefficient (Wildman–Crippen LogP) is 3.44. The maximum Gasteiger partial charge on any atom is 0.410 e. The van der Waals surface area contributed by atoms with Gasteiger partial charge in [-0.25, -0.2) is 17.9 Å². The number of aromatic nitrogens is 1. The molecular formula is C54H75N11O10S2. The highest BCUT2D eigenvalue weighted by atomic mass is 32.2. The summed E-state index contributed by atoms with van der Waals surface area (Å²) in [5.41, 5.74) is 13.8. The number of likely N-dealkylation sites (tertiary alicyclic amines) is 1. The molecule has 1 fully saturated rings. The number of guanidine groups is 1. The summed E-state index contributed by atoms with van der Waals surface area (Å²) in [6.45, 7) is 10.8. The van der Waals surface area contributed by atoms with Crippen LogP contribution in [0.25, 0.3) is 10.9 Å². The lowest BCUT2D eigenvalue weighted by molar-refractivity contribution is -0.135. The first kappa shape index (κ1) is 60.7. The van der Waals surface area contributed by atoms with E-state index in [0.29, 0.717) is 29.7 Å². The third kappa shape index (κ3) is 18.8. The maximum atomic E-state index is 14.8. The molecule has 0 spiro atoms. The number of thioether (sulfide) groups is 1. The number of carbonyl (C=O) groups excluding carboxylic acids is 7. The van der Waals surface area contributed by atoms with Gasteiger partial charge in [-0.05, 0) is 113 Å². The zero-order chi connectivity index (χ0) is 56.5. The van der Waals surface area contributed by atoms with Crippen LogP contribution in [0.3, 0.4) is 0 Å². The van der Waals surface area contributed by atoms with Gasteiger partial charge in [0.05, 0.1) is 4.90 Å². The Kier molecular flexibility index (Phi) is 22.3. The Morgan fingerprint density at radius 2 is 1.38 bits per heavy atom. The van der Waals surface area contributed by atoms with E-state index in [0.717, 1.165) is 16.5 Å². The van der Waals surface area contributed by atoms with Crippen molar-refractivity contribution >= 4 is 80.2 Å². The zero-order valence-corrected chi connectivity index (χ0v) is 46.5. The Hall–Kier alpha value is -7.14. The molecule has 0 bridgehead atoms. The molecule has 1 aliphatic rings. The molecule has 3 aromatic carbocycles. The number of nitrogens with two attached hydrogens (primary N) is 2. The number of rotatable bonds is 26. The van der Waals surface area contributed by atoms with Crippen LogP contribution in [-0.4, -0.2) is 133 Å².